The summed E-state index contributed by atoms with van der Waals surface area (Å²) in [5, 5.41) is 17.7. The molecule has 4 heteroatoms. The molecule has 0 aromatic heterocycles. The highest BCUT2D eigenvalue weighted by Gasteiger charge is 2.11. The number of carbonyl (C=O) groups excluding carboxylic acids is 1. The standard InChI is InChI=1S/C15H29NO3/c1-2-3-4-5-6-7-8-9-10-15(19)16(11-13-17)12-14-18/h2,17-18H,1,3-14H2. The number of unbranched alkanes of at least 4 members (excludes halogenated alkanes) is 6. The monoisotopic (exact) mass is 271 g/mol. The van der Waals surface area contributed by atoms with Gasteiger partial charge in [0.25, 0.3) is 0 Å². The van der Waals surface area contributed by atoms with E-state index in [9.17, 15) is 4.79 Å². The Labute approximate surface area is 117 Å². The first-order valence-electron chi connectivity index (χ1n) is 7.36. The number of carbonyl (C=O) groups is 1. The molecule has 2 N–H and O–H groups in total. The van der Waals surface area contributed by atoms with E-state index in [4.69, 9.17) is 10.2 Å². The van der Waals surface area contributed by atoms with Gasteiger partial charge in [-0.3, -0.25) is 4.79 Å². The third-order valence-electron chi connectivity index (χ3n) is 3.14. The Morgan fingerprint density at radius 3 is 2.00 bits per heavy atom. The van der Waals surface area contributed by atoms with Crippen molar-refractivity contribution in [1.29, 1.82) is 0 Å². The summed E-state index contributed by atoms with van der Waals surface area (Å²) < 4.78 is 0. The minimum atomic E-state index is -0.0466. The lowest BCUT2D eigenvalue weighted by atomic mass is 10.1. The van der Waals surface area contributed by atoms with E-state index in [1.54, 1.807) is 0 Å². The molecule has 0 saturated carbocycles. The lowest BCUT2D eigenvalue weighted by Crippen LogP contribution is -2.35. The van der Waals surface area contributed by atoms with Gasteiger partial charge in [-0.25, -0.2) is 0 Å². The Hall–Kier alpha value is -0.870. The molecule has 0 rings (SSSR count). The summed E-state index contributed by atoms with van der Waals surface area (Å²) in [6.07, 6.45) is 10.4. The molecular weight excluding hydrogens is 242 g/mol. The van der Waals surface area contributed by atoms with E-state index in [2.05, 4.69) is 6.58 Å². The van der Waals surface area contributed by atoms with E-state index in [0.717, 1.165) is 19.3 Å². The van der Waals surface area contributed by atoms with E-state index in [0.29, 0.717) is 19.5 Å². The van der Waals surface area contributed by atoms with Crippen molar-refractivity contribution in [2.24, 2.45) is 0 Å². The smallest absolute Gasteiger partial charge is 0.222 e. The Morgan fingerprint density at radius 2 is 1.47 bits per heavy atom. The number of allylic oxidation sites excluding steroid dienone is 1. The molecule has 0 aromatic rings. The Morgan fingerprint density at radius 1 is 0.947 bits per heavy atom. The molecule has 0 radical (unpaired) electrons. The van der Waals surface area contributed by atoms with Crippen LogP contribution in [0.3, 0.4) is 0 Å². The van der Waals surface area contributed by atoms with Crippen molar-refractivity contribution in [3.05, 3.63) is 12.7 Å². The summed E-state index contributed by atoms with van der Waals surface area (Å²) >= 11 is 0. The second-order valence-corrected chi connectivity index (χ2v) is 4.78. The highest BCUT2D eigenvalue weighted by molar-refractivity contribution is 5.76. The molecule has 0 aliphatic carbocycles. The fourth-order valence-corrected chi connectivity index (χ4v) is 2.03. The lowest BCUT2D eigenvalue weighted by Gasteiger charge is -2.20. The van der Waals surface area contributed by atoms with Gasteiger partial charge >= 0.3 is 0 Å². The largest absolute Gasteiger partial charge is 0.395 e. The van der Waals surface area contributed by atoms with E-state index in [1.807, 2.05) is 6.08 Å². The summed E-state index contributed by atoms with van der Waals surface area (Å²) in [6, 6.07) is 0. The van der Waals surface area contributed by atoms with Crippen molar-refractivity contribution in [3.63, 3.8) is 0 Å². The summed E-state index contributed by atoms with van der Waals surface area (Å²) in [5.41, 5.74) is 0. The maximum absolute atomic E-state index is 11.8. The first kappa shape index (κ1) is 18.1. The molecule has 19 heavy (non-hydrogen) atoms. The predicted octanol–water partition coefficient (Wildman–Crippen LogP) is 2.11. The Bertz CT molecular complexity index is 225. The van der Waals surface area contributed by atoms with Crippen molar-refractivity contribution in [2.45, 2.75) is 51.4 Å². The molecular formula is C15H29NO3. The number of amides is 1. The van der Waals surface area contributed by atoms with Crippen LogP contribution in [0.2, 0.25) is 0 Å². The summed E-state index contributed by atoms with van der Waals surface area (Å²) in [4.78, 5) is 13.3. The van der Waals surface area contributed by atoms with Gasteiger partial charge in [-0.2, -0.15) is 0 Å². The molecule has 0 aliphatic rings. The first-order chi connectivity index (χ1) is 9.26. The molecule has 0 spiro atoms. The molecule has 0 unspecified atom stereocenters. The van der Waals surface area contributed by atoms with Crippen LogP contribution in [0, 0.1) is 0 Å². The van der Waals surface area contributed by atoms with Gasteiger partial charge in [0.15, 0.2) is 0 Å². The molecule has 0 atom stereocenters. The first-order valence-corrected chi connectivity index (χ1v) is 7.36. The summed E-state index contributed by atoms with van der Waals surface area (Å²) in [7, 11) is 0. The van der Waals surface area contributed by atoms with E-state index in [-0.39, 0.29) is 19.1 Å². The van der Waals surface area contributed by atoms with Crippen LogP contribution in [0.4, 0.5) is 0 Å². The Kier molecular flexibility index (Phi) is 12.9. The fourth-order valence-electron chi connectivity index (χ4n) is 2.03. The maximum Gasteiger partial charge on any atom is 0.222 e. The van der Waals surface area contributed by atoms with Crippen LogP contribution in [0.1, 0.15) is 51.4 Å². The summed E-state index contributed by atoms with van der Waals surface area (Å²) in [5.74, 6) is 0.0368. The van der Waals surface area contributed by atoms with Crippen LogP contribution < -0.4 is 0 Å². The molecule has 0 heterocycles. The normalized spacial score (nSPS) is 10.4. The second kappa shape index (κ2) is 13.6. The average Bonchev–Trinajstić information content (AvgIpc) is 2.41. The number of hydrogen-bond acceptors (Lipinski definition) is 3. The molecule has 0 saturated heterocycles. The van der Waals surface area contributed by atoms with Crippen LogP contribution in [-0.4, -0.2) is 47.3 Å². The molecule has 0 aliphatic heterocycles. The van der Waals surface area contributed by atoms with Crippen LogP contribution in [0.5, 0.6) is 0 Å². The molecule has 1 amide bonds. The van der Waals surface area contributed by atoms with Gasteiger partial charge in [0.1, 0.15) is 0 Å². The van der Waals surface area contributed by atoms with Crippen molar-refractivity contribution in [1.82, 2.24) is 4.90 Å². The zero-order valence-electron chi connectivity index (χ0n) is 12.0. The zero-order chi connectivity index (χ0) is 14.3. The topological polar surface area (TPSA) is 60.8 Å². The molecule has 0 fully saturated rings. The van der Waals surface area contributed by atoms with E-state index < -0.39 is 0 Å². The minimum Gasteiger partial charge on any atom is -0.395 e. The number of nitrogens with zero attached hydrogens (tertiary/aromatic N) is 1. The van der Waals surface area contributed by atoms with Crippen molar-refractivity contribution >= 4 is 5.91 Å². The molecule has 4 nitrogen and oxygen atoms in total. The van der Waals surface area contributed by atoms with Gasteiger partial charge in [-0.15, -0.1) is 6.58 Å². The second-order valence-electron chi connectivity index (χ2n) is 4.78. The van der Waals surface area contributed by atoms with Crippen molar-refractivity contribution in [3.8, 4) is 0 Å². The molecule has 112 valence electrons. The van der Waals surface area contributed by atoms with Gasteiger partial charge in [0.05, 0.1) is 13.2 Å². The van der Waals surface area contributed by atoms with E-state index >= 15 is 0 Å². The lowest BCUT2D eigenvalue weighted by molar-refractivity contribution is -0.132. The van der Waals surface area contributed by atoms with Crippen molar-refractivity contribution in [2.75, 3.05) is 26.3 Å². The quantitative estimate of drug-likeness (QED) is 0.398. The van der Waals surface area contributed by atoms with Gasteiger partial charge in [-0.1, -0.05) is 31.8 Å². The van der Waals surface area contributed by atoms with Crippen LogP contribution in [0.25, 0.3) is 0 Å². The Balaban J connectivity index is 3.52. The highest BCUT2D eigenvalue weighted by Crippen LogP contribution is 2.09. The predicted molar refractivity (Wildman–Crippen MR) is 77.9 cm³/mol. The third kappa shape index (κ3) is 10.7. The van der Waals surface area contributed by atoms with Crippen LogP contribution in [0.15, 0.2) is 12.7 Å². The SMILES string of the molecule is C=CCCCCCCCCC(=O)N(CCO)CCO. The highest BCUT2D eigenvalue weighted by atomic mass is 16.3. The number of aliphatic hydroxyl groups excluding tert-OH is 2. The third-order valence-corrected chi connectivity index (χ3v) is 3.14. The van der Waals surface area contributed by atoms with Crippen LogP contribution in [-0.2, 0) is 4.79 Å². The average molecular weight is 271 g/mol. The fraction of sp³-hybridized carbons (Fsp3) is 0.800. The zero-order valence-corrected chi connectivity index (χ0v) is 12.0. The molecule has 0 bridgehead atoms. The van der Waals surface area contributed by atoms with Gasteiger partial charge in [0, 0.05) is 19.5 Å². The van der Waals surface area contributed by atoms with Gasteiger partial charge in [-0.05, 0) is 19.3 Å². The van der Waals surface area contributed by atoms with Crippen molar-refractivity contribution < 1.29 is 15.0 Å². The number of hydrogen-bond donors (Lipinski definition) is 2. The van der Waals surface area contributed by atoms with Crippen LogP contribution >= 0.6 is 0 Å². The number of aliphatic hydroxyl groups is 2. The summed E-state index contributed by atoms with van der Waals surface area (Å²) in [6.45, 7) is 4.24. The minimum absolute atomic E-state index is 0.0368. The van der Waals surface area contributed by atoms with Gasteiger partial charge in [0.2, 0.25) is 5.91 Å². The maximum atomic E-state index is 11.8. The van der Waals surface area contributed by atoms with E-state index in [1.165, 1.54) is 30.6 Å². The molecule has 0 aromatic carbocycles. The van der Waals surface area contributed by atoms with Gasteiger partial charge < -0.3 is 15.1 Å². The number of rotatable bonds is 13.